The van der Waals surface area contributed by atoms with Crippen LogP contribution in [0, 0.1) is 0 Å². The lowest BCUT2D eigenvalue weighted by Gasteiger charge is -2.32. The van der Waals surface area contributed by atoms with Gasteiger partial charge in [0.25, 0.3) is 0 Å². The Hall–Kier alpha value is -1.31. The Kier molecular flexibility index (Phi) is 3.89. The lowest BCUT2D eigenvalue weighted by molar-refractivity contribution is 0.0696. The first-order chi connectivity index (χ1) is 8.09. The largest absolute Gasteiger partial charge is 0.478 e. The van der Waals surface area contributed by atoms with Crippen LogP contribution in [0.1, 0.15) is 69.4 Å². The van der Waals surface area contributed by atoms with Crippen molar-refractivity contribution < 1.29 is 9.90 Å². The second-order valence-electron chi connectivity index (χ2n) is 6.55. The minimum Gasteiger partial charge on any atom is -0.478 e. The number of carboxylic acids is 1. The van der Waals surface area contributed by atoms with E-state index in [4.69, 9.17) is 5.11 Å². The summed E-state index contributed by atoms with van der Waals surface area (Å²) < 4.78 is 0. The topological polar surface area (TPSA) is 37.3 Å². The van der Waals surface area contributed by atoms with Gasteiger partial charge in [0, 0.05) is 0 Å². The standard InChI is InChI=1S/C16H24O2/c1-7-16(5,6)12-9-8-11(14(17)18)10-13(12)15(2,3)4/h8-10H,7H2,1-6H3,(H,17,18). The Balaban J connectivity index is 3.49. The average Bonchev–Trinajstić information content (AvgIpc) is 2.27. The quantitative estimate of drug-likeness (QED) is 0.862. The number of carboxylic acid groups (broad SMARTS) is 1. The summed E-state index contributed by atoms with van der Waals surface area (Å²) in [5.41, 5.74) is 2.78. The SMILES string of the molecule is CCC(C)(C)c1ccc(C(=O)O)cc1C(C)(C)C. The van der Waals surface area contributed by atoms with Gasteiger partial charge < -0.3 is 5.11 Å². The molecular formula is C16H24O2. The van der Waals surface area contributed by atoms with E-state index in [0.717, 1.165) is 12.0 Å². The number of hydrogen-bond donors (Lipinski definition) is 1. The third-order valence-electron chi connectivity index (χ3n) is 3.69. The summed E-state index contributed by atoms with van der Waals surface area (Å²) in [4.78, 5) is 11.1. The molecule has 0 aliphatic rings. The van der Waals surface area contributed by atoms with Crippen LogP contribution in [0.25, 0.3) is 0 Å². The maximum Gasteiger partial charge on any atom is 0.335 e. The molecule has 2 heteroatoms. The molecule has 2 nitrogen and oxygen atoms in total. The van der Waals surface area contributed by atoms with Gasteiger partial charge in [0.15, 0.2) is 0 Å². The molecule has 1 aromatic carbocycles. The van der Waals surface area contributed by atoms with Crippen molar-refractivity contribution >= 4 is 5.97 Å². The van der Waals surface area contributed by atoms with E-state index < -0.39 is 5.97 Å². The number of benzene rings is 1. The second kappa shape index (κ2) is 4.75. The Morgan fingerprint density at radius 2 is 1.67 bits per heavy atom. The van der Waals surface area contributed by atoms with Crippen molar-refractivity contribution in [1.82, 2.24) is 0 Å². The molecule has 1 N–H and O–H groups in total. The van der Waals surface area contributed by atoms with Gasteiger partial charge in [0.2, 0.25) is 0 Å². The normalized spacial score (nSPS) is 12.6. The molecule has 18 heavy (non-hydrogen) atoms. The molecule has 0 unspecified atom stereocenters. The van der Waals surface area contributed by atoms with Crippen molar-refractivity contribution in [2.75, 3.05) is 0 Å². The molecule has 0 aliphatic heterocycles. The Labute approximate surface area is 110 Å². The molecular weight excluding hydrogens is 224 g/mol. The smallest absolute Gasteiger partial charge is 0.335 e. The molecule has 0 fully saturated rings. The Bertz CT molecular complexity index is 451. The Morgan fingerprint density at radius 3 is 2.06 bits per heavy atom. The van der Waals surface area contributed by atoms with Crippen LogP contribution in [-0.4, -0.2) is 11.1 Å². The molecule has 0 spiro atoms. The van der Waals surface area contributed by atoms with Crippen LogP contribution in [0.15, 0.2) is 18.2 Å². The van der Waals surface area contributed by atoms with Crippen molar-refractivity contribution in [3.8, 4) is 0 Å². The summed E-state index contributed by atoms with van der Waals surface area (Å²) in [6.45, 7) is 13.0. The highest BCUT2D eigenvalue weighted by Crippen LogP contribution is 2.36. The lowest BCUT2D eigenvalue weighted by atomic mass is 9.72. The zero-order chi connectivity index (χ0) is 14.1. The summed E-state index contributed by atoms with van der Waals surface area (Å²) >= 11 is 0. The van der Waals surface area contributed by atoms with Crippen molar-refractivity contribution in [3.05, 3.63) is 34.9 Å². The fraction of sp³-hybridized carbons (Fsp3) is 0.562. The molecule has 0 amide bonds. The number of rotatable bonds is 3. The molecule has 0 atom stereocenters. The van der Waals surface area contributed by atoms with E-state index in [1.165, 1.54) is 5.56 Å². The summed E-state index contributed by atoms with van der Waals surface area (Å²) in [6, 6.07) is 5.52. The molecule has 0 saturated heterocycles. The average molecular weight is 248 g/mol. The van der Waals surface area contributed by atoms with E-state index in [0.29, 0.717) is 5.56 Å². The lowest BCUT2D eigenvalue weighted by Crippen LogP contribution is -2.24. The van der Waals surface area contributed by atoms with Gasteiger partial charge in [-0.05, 0) is 40.5 Å². The van der Waals surface area contributed by atoms with E-state index in [9.17, 15) is 4.79 Å². The summed E-state index contributed by atoms with van der Waals surface area (Å²) in [6.07, 6.45) is 1.03. The van der Waals surface area contributed by atoms with Gasteiger partial charge >= 0.3 is 5.97 Å². The third kappa shape index (κ3) is 2.92. The van der Waals surface area contributed by atoms with Gasteiger partial charge in [0.05, 0.1) is 5.56 Å². The van der Waals surface area contributed by atoms with Crippen LogP contribution in [-0.2, 0) is 10.8 Å². The fourth-order valence-electron chi connectivity index (χ4n) is 2.08. The summed E-state index contributed by atoms with van der Waals surface area (Å²) in [5.74, 6) is -0.860. The maximum atomic E-state index is 11.1. The highest BCUT2D eigenvalue weighted by atomic mass is 16.4. The van der Waals surface area contributed by atoms with E-state index in [-0.39, 0.29) is 10.8 Å². The van der Waals surface area contributed by atoms with Crippen molar-refractivity contribution in [2.45, 2.75) is 58.8 Å². The number of hydrogen-bond acceptors (Lipinski definition) is 1. The van der Waals surface area contributed by atoms with Gasteiger partial charge in [-0.25, -0.2) is 4.79 Å². The highest BCUT2D eigenvalue weighted by molar-refractivity contribution is 5.88. The fourth-order valence-corrected chi connectivity index (χ4v) is 2.08. The number of aromatic carboxylic acids is 1. The predicted molar refractivity (Wildman–Crippen MR) is 75.4 cm³/mol. The van der Waals surface area contributed by atoms with Gasteiger partial charge in [-0.1, -0.05) is 47.6 Å². The zero-order valence-corrected chi connectivity index (χ0v) is 12.3. The molecule has 1 rings (SSSR count). The minimum absolute atomic E-state index is 0.0484. The second-order valence-corrected chi connectivity index (χ2v) is 6.55. The third-order valence-corrected chi connectivity index (χ3v) is 3.69. The van der Waals surface area contributed by atoms with Crippen LogP contribution in [0.4, 0.5) is 0 Å². The Morgan fingerprint density at radius 1 is 1.11 bits per heavy atom. The molecule has 0 aromatic heterocycles. The van der Waals surface area contributed by atoms with Crippen LogP contribution >= 0.6 is 0 Å². The van der Waals surface area contributed by atoms with E-state index in [1.807, 2.05) is 12.1 Å². The van der Waals surface area contributed by atoms with Crippen molar-refractivity contribution in [2.24, 2.45) is 0 Å². The summed E-state index contributed by atoms with van der Waals surface area (Å²) in [5, 5.41) is 9.13. The minimum atomic E-state index is -0.860. The van der Waals surface area contributed by atoms with E-state index in [1.54, 1.807) is 6.07 Å². The van der Waals surface area contributed by atoms with Crippen LogP contribution in [0.3, 0.4) is 0 Å². The molecule has 0 saturated carbocycles. The molecule has 0 bridgehead atoms. The van der Waals surface area contributed by atoms with Gasteiger partial charge in [0.1, 0.15) is 0 Å². The molecule has 100 valence electrons. The van der Waals surface area contributed by atoms with Crippen molar-refractivity contribution in [1.29, 1.82) is 0 Å². The first kappa shape index (κ1) is 14.7. The van der Waals surface area contributed by atoms with E-state index in [2.05, 4.69) is 41.5 Å². The molecule has 1 aromatic rings. The van der Waals surface area contributed by atoms with Crippen LogP contribution < -0.4 is 0 Å². The monoisotopic (exact) mass is 248 g/mol. The van der Waals surface area contributed by atoms with Crippen LogP contribution in [0.2, 0.25) is 0 Å². The summed E-state index contributed by atoms with van der Waals surface area (Å²) in [7, 11) is 0. The highest BCUT2D eigenvalue weighted by Gasteiger charge is 2.27. The predicted octanol–water partition coefficient (Wildman–Crippen LogP) is 4.37. The first-order valence-electron chi connectivity index (χ1n) is 6.48. The van der Waals surface area contributed by atoms with Crippen molar-refractivity contribution in [3.63, 3.8) is 0 Å². The molecule has 0 radical (unpaired) electrons. The zero-order valence-electron chi connectivity index (χ0n) is 12.3. The van der Waals surface area contributed by atoms with Gasteiger partial charge in [-0.2, -0.15) is 0 Å². The number of carbonyl (C=O) groups is 1. The first-order valence-corrected chi connectivity index (χ1v) is 6.48. The molecule has 0 aliphatic carbocycles. The molecule has 0 heterocycles. The van der Waals surface area contributed by atoms with Crippen LogP contribution in [0.5, 0.6) is 0 Å². The van der Waals surface area contributed by atoms with Gasteiger partial charge in [-0.3, -0.25) is 0 Å². The van der Waals surface area contributed by atoms with Gasteiger partial charge in [-0.15, -0.1) is 0 Å². The maximum absolute atomic E-state index is 11.1. The van der Waals surface area contributed by atoms with E-state index >= 15 is 0 Å².